The normalized spacial score (nSPS) is 17.0. The van der Waals surface area contributed by atoms with Crippen LogP contribution in [-0.2, 0) is 20.8 Å². The molecular weight excluding hydrogens is 426 g/mol. The van der Waals surface area contributed by atoms with Crippen molar-refractivity contribution in [1.82, 2.24) is 4.90 Å². The molecule has 0 atom stereocenters. The molecule has 6 nitrogen and oxygen atoms in total. The first-order chi connectivity index (χ1) is 15.5. The zero-order chi connectivity index (χ0) is 22.5. The Morgan fingerprint density at radius 3 is 2.44 bits per heavy atom. The summed E-state index contributed by atoms with van der Waals surface area (Å²) in [7, 11) is 0. The molecule has 0 bridgehead atoms. The van der Waals surface area contributed by atoms with Crippen LogP contribution >= 0.6 is 11.6 Å². The van der Waals surface area contributed by atoms with Gasteiger partial charge in [-0.05, 0) is 49.4 Å². The molecule has 2 heterocycles. The smallest absolute Gasteiger partial charge is 0.227 e. The molecule has 2 saturated heterocycles. The van der Waals surface area contributed by atoms with Crippen molar-refractivity contribution >= 4 is 40.7 Å². The number of anilines is 2. The Labute approximate surface area is 193 Å². The maximum Gasteiger partial charge on any atom is 0.227 e. The molecule has 0 unspecified atom stereocenters. The third kappa shape index (κ3) is 5.30. The predicted molar refractivity (Wildman–Crippen MR) is 126 cm³/mol. The molecule has 7 heteroatoms. The molecule has 2 aromatic carbocycles. The number of carbonyl (C=O) groups excluding carboxylic acids is 3. The van der Waals surface area contributed by atoms with Gasteiger partial charge in [0.05, 0.1) is 10.7 Å². The lowest BCUT2D eigenvalue weighted by atomic mass is 9.95. The van der Waals surface area contributed by atoms with Crippen LogP contribution in [0, 0.1) is 5.92 Å². The molecule has 2 fully saturated rings. The Balaban J connectivity index is 1.26. The minimum absolute atomic E-state index is 0.0533. The molecule has 32 heavy (non-hydrogen) atoms. The van der Waals surface area contributed by atoms with Gasteiger partial charge in [-0.1, -0.05) is 41.9 Å². The zero-order valence-electron chi connectivity index (χ0n) is 18.1. The first-order valence-corrected chi connectivity index (χ1v) is 11.6. The minimum Gasteiger partial charge on any atom is -0.343 e. The third-order valence-electron chi connectivity index (χ3n) is 6.27. The van der Waals surface area contributed by atoms with E-state index >= 15 is 0 Å². The van der Waals surface area contributed by atoms with Gasteiger partial charge in [0.15, 0.2) is 0 Å². The van der Waals surface area contributed by atoms with Crippen LogP contribution in [0.25, 0.3) is 0 Å². The number of carbonyl (C=O) groups is 3. The van der Waals surface area contributed by atoms with Crippen molar-refractivity contribution in [2.24, 2.45) is 5.92 Å². The van der Waals surface area contributed by atoms with Gasteiger partial charge in [0.25, 0.3) is 0 Å². The van der Waals surface area contributed by atoms with E-state index in [2.05, 4.69) is 5.32 Å². The zero-order valence-corrected chi connectivity index (χ0v) is 18.8. The number of halogens is 1. The Hall–Kier alpha value is -2.86. The molecule has 1 N–H and O–H groups in total. The van der Waals surface area contributed by atoms with Crippen LogP contribution in [0.5, 0.6) is 0 Å². The number of aryl methyl sites for hydroxylation is 1. The molecule has 0 saturated carbocycles. The van der Waals surface area contributed by atoms with Gasteiger partial charge in [-0.25, -0.2) is 0 Å². The summed E-state index contributed by atoms with van der Waals surface area (Å²) in [6.45, 7) is 1.87. The number of amides is 3. The summed E-state index contributed by atoms with van der Waals surface area (Å²) in [5.74, 6) is 0.0366. The highest BCUT2D eigenvalue weighted by Crippen LogP contribution is 2.32. The summed E-state index contributed by atoms with van der Waals surface area (Å²) in [6.07, 6.45) is 3.91. The molecule has 2 aliphatic rings. The lowest BCUT2D eigenvalue weighted by Crippen LogP contribution is -2.41. The van der Waals surface area contributed by atoms with Gasteiger partial charge in [-0.15, -0.1) is 0 Å². The van der Waals surface area contributed by atoms with Crippen molar-refractivity contribution in [2.75, 3.05) is 29.9 Å². The molecule has 2 aliphatic heterocycles. The van der Waals surface area contributed by atoms with Crippen LogP contribution in [0.1, 0.15) is 37.7 Å². The van der Waals surface area contributed by atoms with Gasteiger partial charge in [-0.2, -0.15) is 0 Å². The lowest BCUT2D eigenvalue weighted by molar-refractivity contribution is -0.134. The molecule has 2 aromatic rings. The summed E-state index contributed by atoms with van der Waals surface area (Å²) in [4.78, 5) is 40.8. The highest BCUT2D eigenvalue weighted by atomic mass is 35.5. The number of nitrogens with one attached hydrogen (secondary N) is 1. The van der Waals surface area contributed by atoms with Crippen molar-refractivity contribution in [3.05, 3.63) is 59.1 Å². The Kier molecular flexibility index (Phi) is 7.10. The second-order valence-electron chi connectivity index (χ2n) is 8.45. The van der Waals surface area contributed by atoms with E-state index < -0.39 is 0 Å². The average molecular weight is 454 g/mol. The van der Waals surface area contributed by atoms with Crippen molar-refractivity contribution in [2.45, 2.75) is 38.5 Å². The molecule has 0 aliphatic carbocycles. The second-order valence-corrected chi connectivity index (χ2v) is 8.85. The van der Waals surface area contributed by atoms with E-state index in [4.69, 9.17) is 11.6 Å². The van der Waals surface area contributed by atoms with E-state index in [9.17, 15) is 14.4 Å². The van der Waals surface area contributed by atoms with E-state index in [1.165, 1.54) is 0 Å². The van der Waals surface area contributed by atoms with Crippen molar-refractivity contribution < 1.29 is 14.4 Å². The maximum atomic E-state index is 12.7. The Morgan fingerprint density at radius 2 is 1.78 bits per heavy atom. The quantitative estimate of drug-likeness (QED) is 0.709. The molecule has 0 spiro atoms. The molecule has 168 valence electrons. The third-order valence-corrected chi connectivity index (χ3v) is 6.57. The minimum atomic E-state index is -0.133. The van der Waals surface area contributed by atoms with Gasteiger partial charge >= 0.3 is 0 Å². The Bertz CT molecular complexity index is 987. The Morgan fingerprint density at radius 1 is 1.03 bits per heavy atom. The predicted octanol–water partition coefficient (Wildman–Crippen LogP) is 4.28. The van der Waals surface area contributed by atoms with Crippen LogP contribution in [0.15, 0.2) is 48.5 Å². The van der Waals surface area contributed by atoms with E-state index in [1.54, 1.807) is 23.1 Å². The molecule has 4 rings (SSSR count). The van der Waals surface area contributed by atoms with E-state index in [1.807, 2.05) is 35.2 Å². The molecular formula is C25H28ClN3O3. The topological polar surface area (TPSA) is 69.7 Å². The lowest BCUT2D eigenvalue weighted by Gasteiger charge is -2.31. The van der Waals surface area contributed by atoms with Crippen molar-refractivity contribution in [3.63, 3.8) is 0 Å². The second kappa shape index (κ2) is 10.2. The average Bonchev–Trinajstić information content (AvgIpc) is 3.24. The van der Waals surface area contributed by atoms with Crippen molar-refractivity contribution in [1.29, 1.82) is 0 Å². The standard InChI is InChI=1S/C25H28ClN3O3/c26-21-17-20(9-10-22(21)29-14-4-7-24(29)31)27-25(32)19-12-15-28(16-13-19)23(30)11-8-18-5-2-1-3-6-18/h1-3,5-6,9-10,17,19H,4,7-8,11-16H2,(H,27,32). The highest BCUT2D eigenvalue weighted by Gasteiger charge is 2.28. The number of rotatable bonds is 6. The maximum absolute atomic E-state index is 12.7. The van der Waals surface area contributed by atoms with E-state index in [-0.39, 0.29) is 23.6 Å². The van der Waals surface area contributed by atoms with Gasteiger partial charge in [-0.3, -0.25) is 14.4 Å². The highest BCUT2D eigenvalue weighted by molar-refractivity contribution is 6.34. The number of hydrogen-bond donors (Lipinski definition) is 1. The number of likely N-dealkylation sites (tertiary alicyclic amines) is 1. The van der Waals surface area contributed by atoms with Crippen LogP contribution in [0.4, 0.5) is 11.4 Å². The number of piperidine rings is 1. The monoisotopic (exact) mass is 453 g/mol. The molecule has 0 radical (unpaired) electrons. The van der Waals surface area contributed by atoms with E-state index in [0.717, 1.165) is 18.4 Å². The first kappa shape index (κ1) is 22.3. The fourth-order valence-corrected chi connectivity index (χ4v) is 4.68. The van der Waals surface area contributed by atoms with Crippen LogP contribution in [0.3, 0.4) is 0 Å². The molecule has 3 amide bonds. The van der Waals surface area contributed by atoms with Gasteiger partial charge in [0, 0.05) is 44.1 Å². The SMILES string of the molecule is O=C(Nc1ccc(N2CCCC2=O)c(Cl)c1)C1CCN(C(=O)CCc2ccccc2)CC1. The summed E-state index contributed by atoms with van der Waals surface area (Å²) in [5.41, 5.74) is 2.47. The molecule has 0 aromatic heterocycles. The number of nitrogens with zero attached hydrogens (tertiary/aromatic N) is 2. The van der Waals surface area contributed by atoms with E-state index in [0.29, 0.717) is 61.7 Å². The van der Waals surface area contributed by atoms with Gasteiger partial charge in [0.1, 0.15) is 0 Å². The summed E-state index contributed by atoms with van der Waals surface area (Å²) in [5, 5.41) is 3.40. The van der Waals surface area contributed by atoms with Crippen LogP contribution < -0.4 is 10.2 Å². The largest absolute Gasteiger partial charge is 0.343 e. The first-order valence-electron chi connectivity index (χ1n) is 11.2. The summed E-state index contributed by atoms with van der Waals surface area (Å²) >= 11 is 6.38. The number of benzene rings is 2. The summed E-state index contributed by atoms with van der Waals surface area (Å²) < 4.78 is 0. The van der Waals surface area contributed by atoms with Crippen LogP contribution in [0.2, 0.25) is 5.02 Å². The van der Waals surface area contributed by atoms with Crippen LogP contribution in [-0.4, -0.2) is 42.3 Å². The fourth-order valence-electron chi connectivity index (χ4n) is 4.40. The summed E-state index contributed by atoms with van der Waals surface area (Å²) in [6, 6.07) is 15.3. The number of hydrogen-bond acceptors (Lipinski definition) is 3. The van der Waals surface area contributed by atoms with Crippen molar-refractivity contribution in [3.8, 4) is 0 Å². The van der Waals surface area contributed by atoms with Gasteiger partial charge in [0.2, 0.25) is 17.7 Å². The van der Waals surface area contributed by atoms with Gasteiger partial charge < -0.3 is 15.1 Å². The fraction of sp³-hybridized carbons (Fsp3) is 0.400.